The molecule has 74 valence electrons. The first kappa shape index (κ1) is 12.2. The minimum atomic E-state index is 0.102. The van der Waals surface area contributed by atoms with Gasteiger partial charge in [0.1, 0.15) is 0 Å². The number of allylic oxidation sites excluding steroid dienone is 2. The minimum Gasteiger partial charge on any atom is -0.261 e. The lowest BCUT2D eigenvalue weighted by atomic mass is 9.88. The number of aliphatic imine (C=N–C) groups is 1. The van der Waals surface area contributed by atoms with Crippen LogP contribution in [0.5, 0.6) is 0 Å². The van der Waals surface area contributed by atoms with Crippen molar-refractivity contribution in [3.63, 3.8) is 0 Å². The van der Waals surface area contributed by atoms with Crippen molar-refractivity contribution in [2.45, 2.75) is 41.0 Å². The van der Waals surface area contributed by atoms with Crippen molar-refractivity contribution >= 4 is 5.71 Å². The van der Waals surface area contributed by atoms with Gasteiger partial charge in [0, 0.05) is 17.3 Å². The molecule has 0 radical (unpaired) electrons. The van der Waals surface area contributed by atoms with Crippen molar-refractivity contribution in [1.29, 1.82) is 0 Å². The molecule has 0 atom stereocenters. The molecule has 0 aromatic carbocycles. The Morgan fingerprint density at radius 1 is 1.38 bits per heavy atom. The molecule has 0 spiro atoms. The van der Waals surface area contributed by atoms with Crippen molar-refractivity contribution in [2.24, 2.45) is 10.4 Å². The van der Waals surface area contributed by atoms with Gasteiger partial charge in [-0.15, -0.1) is 0 Å². The minimum absolute atomic E-state index is 0.102. The van der Waals surface area contributed by atoms with Crippen LogP contribution in [-0.2, 0) is 0 Å². The maximum absolute atomic E-state index is 4.29. The molecular formula is C12H21N. The lowest BCUT2D eigenvalue weighted by Crippen LogP contribution is -2.18. The summed E-state index contributed by atoms with van der Waals surface area (Å²) in [5.41, 5.74) is 2.56. The molecule has 13 heavy (non-hydrogen) atoms. The van der Waals surface area contributed by atoms with E-state index in [0.717, 1.165) is 12.1 Å². The number of hydrogen-bond acceptors (Lipinski definition) is 1. The largest absolute Gasteiger partial charge is 0.261 e. The highest BCUT2D eigenvalue weighted by Crippen LogP contribution is 2.18. The summed E-state index contributed by atoms with van der Waals surface area (Å²) >= 11 is 0. The van der Waals surface area contributed by atoms with Crippen LogP contribution in [0.1, 0.15) is 41.0 Å². The molecule has 0 heterocycles. The third kappa shape index (κ3) is 4.66. The second kappa shape index (κ2) is 5.00. The highest BCUT2D eigenvalue weighted by Gasteiger charge is 2.15. The van der Waals surface area contributed by atoms with Crippen molar-refractivity contribution in [2.75, 3.05) is 0 Å². The van der Waals surface area contributed by atoms with Crippen LogP contribution in [0.25, 0.3) is 0 Å². The van der Waals surface area contributed by atoms with E-state index in [-0.39, 0.29) is 5.41 Å². The topological polar surface area (TPSA) is 12.4 Å². The van der Waals surface area contributed by atoms with Gasteiger partial charge >= 0.3 is 0 Å². The molecule has 0 aromatic heterocycles. The monoisotopic (exact) mass is 179 g/mol. The molecule has 0 rings (SSSR count). The molecular weight excluding hydrogens is 158 g/mol. The van der Waals surface area contributed by atoms with Crippen LogP contribution in [0.3, 0.4) is 0 Å². The maximum Gasteiger partial charge on any atom is 0.0456 e. The zero-order chi connectivity index (χ0) is 10.5. The molecule has 0 aliphatic carbocycles. The number of hydrogen-bond donors (Lipinski definition) is 0. The highest BCUT2D eigenvalue weighted by atomic mass is 14.7. The molecule has 0 saturated carbocycles. The van der Waals surface area contributed by atoms with Gasteiger partial charge in [-0.3, -0.25) is 4.99 Å². The van der Waals surface area contributed by atoms with Crippen molar-refractivity contribution in [1.82, 2.24) is 0 Å². The fourth-order valence-corrected chi connectivity index (χ4v) is 0.881. The van der Waals surface area contributed by atoms with Gasteiger partial charge in [-0.1, -0.05) is 39.8 Å². The van der Waals surface area contributed by atoms with Gasteiger partial charge < -0.3 is 0 Å². The third-order valence-corrected chi connectivity index (χ3v) is 1.94. The van der Waals surface area contributed by atoms with E-state index in [1.54, 1.807) is 6.20 Å². The molecule has 0 aliphatic heterocycles. The van der Waals surface area contributed by atoms with E-state index in [0.29, 0.717) is 0 Å². The summed E-state index contributed by atoms with van der Waals surface area (Å²) in [5.74, 6) is 0. The van der Waals surface area contributed by atoms with Crippen LogP contribution in [0.4, 0.5) is 0 Å². The molecule has 0 aromatic rings. The van der Waals surface area contributed by atoms with Gasteiger partial charge in [0.25, 0.3) is 0 Å². The van der Waals surface area contributed by atoms with Gasteiger partial charge in [-0.2, -0.15) is 0 Å². The van der Waals surface area contributed by atoms with Gasteiger partial charge in [0.15, 0.2) is 0 Å². The SMILES string of the molecule is C=CN=C(/C=C(\C)CC)C(C)(C)C. The Labute approximate surface area is 82.3 Å². The zero-order valence-electron chi connectivity index (χ0n) is 9.52. The first-order valence-corrected chi connectivity index (χ1v) is 4.78. The van der Waals surface area contributed by atoms with Crippen LogP contribution in [0, 0.1) is 5.41 Å². The van der Waals surface area contributed by atoms with Crippen LogP contribution in [0.15, 0.2) is 29.4 Å². The van der Waals surface area contributed by atoms with E-state index in [9.17, 15) is 0 Å². The second-order valence-corrected chi connectivity index (χ2v) is 4.29. The van der Waals surface area contributed by atoms with Gasteiger partial charge in [-0.05, 0) is 19.4 Å². The molecule has 1 nitrogen and oxygen atoms in total. The molecule has 0 amide bonds. The average Bonchev–Trinajstić information content (AvgIpc) is 2.01. The summed E-state index contributed by atoms with van der Waals surface area (Å²) < 4.78 is 0. The molecule has 0 bridgehead atoms. The van der Waals surface area contributed by atoms with Crippen molar-refractivity contribution in [3.05, 3.63) is 24.4 Å². The van der Waals surface area contributed by atoms with E-state index in [1.165, 1.54) is 5.57 Å². The van der Waals surface area contributed by atoms with Crippen LogP contribution >= 0.6 is 0 Å². The third-order valence-electron chi connectivity index (χ3n) is 1.94. The van der Waals surface area contributed by atoms with Gasteiger partial charge in [0.2, 0.25) is 0 Å². The lowest BCUT2D eigenvalue weighted by Gasteiger charge is -2.18. The first-order valence-electron chi connectivity index (χ1n) is 4.78. The Balaban J connectivity index is 4.86. The number of rotatable bonds is 3. The molecule has 1 heteroatoms. The second-order valence-electron chi connectivity index (χ2n) is 4.29. The predicted octanol–water partition coefficient (Wildman–Crippen LogP) is 3.97. The van der Waals surface area contributed by atoms with E-state index in [4.69, 9.17) is 0 Å². The molecule has 0 saturated heterocycles. The fourth-order valence-electron chi connectivity index (χ4n) is 0.881. The summed E-state index contributed by atoms with van der Waals surface area (Å²) in [6.07, 6.45) is 4.84. The van der Waals surface area contributed by atoms with Crippen molar-refractivity contribution in [3.8, 4) is 0 Å². The normalized spacial score (nSPS) is 14.5. The van der Waals surface area contributed by atoms with E-state index in [1.807, 2.05) is 0 Å². The standard InChI is InChI=1S/C12H21N/c1-7-10(3)9-11(13-8-2)12(4,5)6/h8-9H,2,7H2,1,3-6H3/b10-9+,13-11?. The maximum atomic E-state index is 4.29. The fraction of sp³-hybridized carbons (Fsp3) is 0.583. The Morgan fingerprint density at radius 3 is 2.23 bits per heavy atom. The smallest absolute Gasteiger partial charge is 0.0456 e. The zero-order valence-corrected chi connectivity index (χ0v) is 9.52. The van der Waals surface area contributed by atoms with Crippen molar-refractivity contribution < 1.29 is 0 Å². The Morgan fingerprint density at radius 2 is 1.92 bits per heavy atom. The summed E-state index contributed by atoms with van der Waals surface area (Å²) in [5, 5.41) is 0. The van der Waals surface area contributed by atoms with Crippen LogP contribution in [0.2, 0.25) is 0 Å². The average molecular weight is 179 g/mol. The molecule has 0 aliphatic rings. The van der Waals surface area contributed by atoms with Crippen LogP contribution in [-0.4, -0.2) is 5.71 Å². The van der Waals surface area contributed by atoms with Gasteiger partial charge in [0.05, 0.1) is 0 Å². The van der Waals surface area contributed by atoms with E-state index in [2.05, 4.69) is 52.3 Å². The Hall–Kier alpha value is -0.850. The summed E-state index contributed by atoms with van der Waals surface area (Å²) in [6.45, 7) is 14.4. The van der Waals surface area contributed by atoms with E-state index >= 15 is 0 Å². The summed E-state index contributed by atoms with van der Waals surface area (Å²) in [4.78, 5) is 4.29. The summed E-state index contributed by atoms with van der Waals surface area (Å²) in [6, 6.07) is 0. The lowest BCUT2D eigenvalue weighted by molar-refractivity contribution is 0.593. The molecule has 0 unspecified atom stereocenters. The Kier molecular flexibility index (Phi) is 4.68. The highest BCUT2D eigenvalue weighted by molar-refractivity contribution is 5.99. The van der Waals surface area contributed by atoms with Crippen LogP contribution < -0.4 is 0 Å². The molecule has 0 N–H and O–H groups in total. The summed E-state index contributed by atoms with van der Waals surface area (Å²) in [7, 11) is 0. The quantitative estimate of drug-likeness (QED) is 0.581. The van der Waals surface area contributed by atoms with Gasteiger partial charge in [-0.25, -0.2) is 0 Å². The Bertz CT molecular complexity index is 226. The predicted molar refractivity (Wildman–Crippen MR) is 61.1 cm³/mol. The van der Waals surface area contributed by atoms with E-state index < -0.39 is 0 Å². The number of nitrogens with zero attached hydrogens (tertiary/aromatic N) is 1. The molecule has 0 fully saturated rings. The first-order chi connectivity index (χ1) is 5.91.